The fourth-order valence-corrected chi connectivity index (χ4v) is 2.07. The van der Waals surface area contributed by atoms with Crippen molar-refractivity contribution in [1.29, 1.82) is 0 Å². The summed E-state index contributed by atoms with van der Waals surface area (Å²) < 4.78 is 0. The molecule has 0 atom stereocenters. The van der Waals surface area contributed by atoms with Gasteiger partial charge in [0.05, 0.1) is 11.4 Å². The molecule has 80 valence electrons. The number of rotatable bonds is 1. The minimum absolute atomic E-state index is 0.150. The lowest BCUT2D eigenvalue weighted by Gasteiger charge is -2.34. The summed E-state index contributed by atoms with van der Waals surface area (Å²) in [7, 11) is 0. The van der Waals surface area contributed by atoms with Gasteiger partial charge >= 0.3 is 0 Å². The Morgan fingerprint density at radius 3 is 2.87 bits per heavy atom. The number of hydrogen-bond donors (Lipinski definition) is 2. The normalized spacial score (nSPS) is 17.7. The first kappa shape index (κ1) is 10.1. The van der Waals surface area contributed by atoms with Crippen LogP contribution in [0, 0.1) is 0 Å². The van der Waals surface area contributed by atoms with Gasteiger partial charge in [-0.15, -0.1) is 0 Å². The summed E-state index contributed by atoms with van der Waals surface area (Å²) in [5.41, 5.74) is 10.5. The molecule has 1 aromatic rings. The zero-order valence-corrected chi connectivity index (χ0v) is 9.43. The van der Waals surface area contributed by atoms with E-state index in [1.807, 2.05) is 12.1 Å². The van der Waals surface area contributed by atoms with Crippen molar-refractivity contribution in [3.8, 4) is 0 Å². The largest absolute Gasteiger partial charge is 0.397 e. The van der Waals surface area contributed by atoms with Gasteiger partial charge in [0.15, 0.2) is 0 Å². The van der Waals surface area contributed by atoms with Crippen molar-refractivity contribution in [2.45, 2.75) is 32.2 Å². The molecule has 1 heterocycles. The van der Waals surface area contributed by atoms with Crippen LogP contribution in [0.3, 0.4) is 0 Å². The lowest BCUT2D eigenvalue weighted by molar-refractivity contribution is 0.502. The molecule has 0 aliphatic carbocycles. The maximum atomic E-state index is 6.03. The van der Waals surface area contributed by atoms with Crippen molar-refractivity contribution in [2.24, 2.45) is 0 Å². The zero-order chi connectivity index (χ0) is 11.1. The summed E-state index contributed by atoms with van der Waals surface area (Å²) in [6.45, 7) is 8.18. The summed E-state index contributed by atoms with van der Waals surface area (Å²) in [5, 5.41) is 3.50. The third kappa shape index (κ3) is 1.84. The molecule has 1 aliphatic heterocycles. The van der Waals surface area contributed by atoms with E-state index in [9.17, 15) is 0 Å². The van der Waals surface area contributed by atoms with Gasteiger partial charge in [-0.25, -0.2) is 0 Å². The monoisotopic (exact) mass is 202 g/mol. The van der Waals surface area contributed by atoms with Gasteiger partial charge in [-0.1, -0.05) is 12.7 Å². The second-order valence-corrected chi connectivity index (χ2v) is 4.86. The van der Waals surface area contributed by atoms with Gasteiger partial charge in [-0.2, -0.15) is 0 Å². The Kier molecular flexibility index (Phi) is 2.22. The molecular weight excluding hydrogens is 184 g/mol. The van der Waals surface area contributed by atoms with Crippen molar-refractivity contribution in [3.63, 3.8) is 0 Å². The quantitative estimate of drug-likeness (QED) is 0.687. The molecule has 1 aliphatic rings. The molecule has 2 rings (SSSR count). The first-order chi connectivity index (χ1) is 7.02. The molecule has 2 nitrogen and oxygen atoms in total. The molecule has 0 amide bonds. The van der Waals surface area contributed by atoms with Crippen LogP contribution in [0.25, 0.3) is 6.08 Å². The van der Waals surface area contributed by atoms with E-state index >= 15 is 0 Å². The standard InChI is InChI=1S/C13H18N2/c1-4-9-7-10-5-6-13(2,3)15-12(10)11(14)8-9/h4,7-8,15H,1,5-6,14H2,2-3H3. The molecule has 1 aromatic carbocycles. The molecule has 0 saturated carbocycles. The van der Waals surface area contributed by atoms with Crippen LogP contribution in [0.5, 0.6) is 0 Å². The smallest absolute Gasteiger partial charge is 0.0610 e. The van der Waals surface area contributed by atoms with Crippen LogP contribution in [0.2, 0.25) is 0 Å². The van der Waals surface area contributed by atoms with Gasteiger partial charge < -0.3 is 11.1 Å². The minimum atomic E-state index is 0.150. The average Bonchev–Trinajstić information content (AvgIpc) is 2.18. The molecule has 15 heavy (non-hydrogen) atoms. The molecule has 0 spiro atoms. The van der Waals surface area contributed by atoms with Gasteiger partial charge in [0, 0.05) is 5.54 Å². The fourth-order valence-electron chi connectivity index (χ4n) is 2.07. The number of aryl methyl sites for hydroxylation is 1. The van der Waals surface area contributed by atoms with E-state index in [4.69, 9.17) is 5.73 Å². The highest BCUT2D eigenvalue weighted by Gasteiger charge is 2.25. The first-order valence-electron chi connectivity index (χ1n) is 5.35. The number of benzene rings is 1. The van der Waals surface area contributed by atoms with Crippen LogP contribution in [0.1, 0.15) is 31.4 Å². The number of nitrogens with one attached hydrogen (secondary N) is 1. The van der Waals surface area contributed by atoms with Crippen molar-refractivity contribution in [2.75, 3.05) is 11.1 Å². The molecule has 2 heteroatoms. The van der Waals surface area contributed by atoms with Crippen molar-refractivity contribution < 1.29 is 0 Å². The Morgan fingerprint density at radius 2 is 2.20 bits per heavy atom. The Bertz CT molecular complexity index is 405. The molecule has 3 N–H and O–H groups in total. The van der Waals surface area contributed by atoms with Crippen LogP contribution < -0.4 is 11.1 Å². The third-order valence-corrected chi connectivity index (χ3v) is 2.99. The lowest BCUT2D eigenvalue weighted by atomic mass is 9.88. The van der Waals surface area contributed by atoms with E-state index in [0.29, 0.717) is 0 Å². The number of hydrogen-bond acceptors (Lipinski definition) is 2. The third-order valence-electron chi connectivity index (χ3n) is 2.99. The molecule has 0 aromatic heterocycles. The van der Waals surface area contributed by atoms with Gasteiger partial charge in [0.25, 0.3) is 0 Å². The van der Waals surface area contributed by atoms with Gasteiger partial charge in [0.2, 0.25) is 0 Å². The van der Waals surface area contributed by atoms with E-state index in [1.54, 1.807) is 0 Å². The maximum Gasteiger partial charge on any atom is 0.0610 e. The maximum absolute atomic E-state index is 6.03. The second kappa shape index (κ2) is 3.30. The zero-order valence-electron chi connectivity index (χ0n) is 9.43. The van der Waals surface area contributed by atoms with E-state index in [1.165, 1.54) is 5.56 Å². The number of anilines is 2. The second-order valence-electron chi connectivity index (χ2n) is 4.86. The van der Waals surface area contributed by atoms with Crippen molar-refractivity contribution in [3.05, 3.63) is 29.8 Å². The van der Waals surface area contributed by atoms with E-state index < -0.39 is 0 Å². The summed E-state index contributed by atoms with van der Waals surface area (Å²) in [5.74, 6) is 0. The molecule has 0 bridgehead atoms. The average molecular weight is 202 g/mol. The van der Waals surface area contributed by atoms with Gasteiger partial charge in [-0.3, -0.25) is 0 Å². The lowest BCUT2D eigenvalue weighted by Crippen LogP contribution is -2.35. The molecule has 0 saturated heterocycles. The Labute approximate surface area is 91.2 Å². The van der Waals surface area contributed by atoms with E-state index in [2.05, 4.69) is 31.8 Å². The Hall–Kier alpha value is -1.44. The highest BCUT2D eigenvalue weighted by atomic mass is 15.0. The van der Waals surface area contributed by atoms with Gasteiger partial charge in [-0.05, 0) is 49.9 Å². The van der Waals surface area contributed by atoms with Crippen LogP contribution in [0.15, 0.2) is 18.7 Å². The van der Waals surface area contributed by atoms with Crippen LogP contribution in [0.4, 0.5) is 11.4 Å². The van der Waals surface area contributed by atoms with Crippen LogP contribution in [-0.2, 0) is 6.42 Å². The fraction of sp³-hybridized carbons (Fsp3) is 0.385. The van der Waals surface area contributed by atoms with Crippen molar-refractivity contribution in [1.82, 2.24) is 0 Å². The minimum Gasteiger partial charge on any atom is -0.397 e. The first-order valence-corrected chi connectivity index (χ1v) is 5.35. The summed E-state index contributed by atoms with van der Waals surface area (Å²) >= 11 is 0. The highest BCUT2D eigenvalue weighted by Crippen LogP contribution is 2.35. The molecule has 0 unspecified atom stereocenters. The number of fused-ring (bicyclic) bond motifs is 1. The highest BCUT2D eigenvalue weighted by molar-refractivity contribution is 5.75. The van der Waals surface area contributed by atoms with Crippen LogP contribution >= 0.6 is 0 Å². The SMILES string of the molecule is C=Cc1cc(N)c2c(c1)CCC(C)(C)N2. The van der Waals surface area contributed by atoms with E-state index in [0.717, 1.165) is 29.8 Å². The van der Waals surface area contributed by atoms with E-state index in [-0.39, 0.29) is 5.54 Å². The van der Waals surface area contributed by atoms with Gasteiger partial charge in [0.1, 0.15) is 0 Å². The van der Waals surface area contributed by atoms with Crippen molar-refractivity contribution >= 4 is 17.5 Å². The summed E-state index contributed by atoms with van der Waals surface area (Å²) in [6.07, 6.45) is 4.07. The number of nitrogen functional groups attached to an aromatic ring is 1. The predicted molar refractivity (Wildman–Crippen MR) is 67.0 cm³/mol. The topological polar surface area (TPSA) is 38.0 Å². The molecule has 0 radical (unpaired) electrons. The Balaban J connectivity index is 2.48. The van der Waals surface area contributed by atoms with Crippen LogP contribution in [-0.4, -0.2) is 5.54 Å². The summed E-state index contributed by atoms with van der Waals surface area (Å²) in [4.78, 5) is 0. The number of nitrogens with two attached hydrogens (primary N) is 1. The molecular formula is C13H18N2. The molecule has 0 fully saturated rings. The summed E-state index contributed by atoms with van der Waals surface area (Å²) in [6, 6.07) is 4.14. The Morgan fingerprint density at radius 1 is 1.47 bits per heavy atom. The predicted octanol–water partition coefficient (Wildman–Crippen LogP) is 3.05.